The van der Waals surface area contributed by atoms with E-state index in [4.69, 9.17) is 0 Å². The van der Waals surface area contributed by atoms with Crippen molar-refractivity contribution in [3.05, 3.63) is 83.6 Å². The molecule has 2 aromatic heterocycles. The monoisotopic (exact) mass is 391 g/mol. The Morgan fingerprint density at radius 1 is 0.964 bits per heavy atom. The number of hydrogen-bond acceptors (Lipinski definition) is 4. The van der Waals surface area contributed by atoms with Crippen molar-refractivity contribution in [2.75, 3.05) is 10.6 Å². The van der Waals surface area contributed by atoms with Crippen LogP contribution in [0.5, 0.6) is 0 Å². The third kappa shape index (κ3) is 4.18. The molecule has 8 heteroatoms. The smallest absolute Gasteiger partial charge is 0.323 e. The van der Waals surface area contributed by atoms with E-state index in [1.165, 1.54) is 0 Å². The number of anilines is 2. The summed E-state index contributed by atoms with van der Waals surface area (Å²) in [4.78, 5) is 29.6. The Kier molecular flexibility index (Phi) is 5.03. The van der Waals surface area contributed by atoms with Crippen molar-refractivity contribution < 1.29 is 9.59 Å². The molecule has 0 aliphatic heterocycles. The van der Waals surface area contributed by atoms with Gasteiger partial charge in [0.15, 0.2) is 4.96 Å². The van der Waals surface area contributed by atoms with Gasteiger partial charge in [-0.25, -0.2) is 9.78 Å². The van der Waals surface area contributed by atoms with Crippen molar-refractivity contribution >= 4 is 39.6 Å². The molecule has 0 radical (unpaired) electrons. The minimum atomic E-state index is -0.344. The van der Waals surface area contributed by atoms with E-state index in [1.807, 2.05) is 40.4 Å². The van der Waals surface area contributed by atoms with Gasteiger partial charge in [0.1, 0.15) is 0 Å². The molecule has 0 atom stereocenters. The SMILES string of the molecule is O=C(Nc1ccccc1)Nc1ccc(C(=O)NCc2cn3ccsc3n2)cc1. The number of carbonyl (C=O) groups is 2. The lowest BCUT2D eigenvalue weighted by Gasteiger charge is -2.08. The highest BCUT2D eigenvalue weighted by Crippen LogP contribution is 2.13. The third-order valence-corrected chi connectivity index (χ3v) is 4.78. The molecule has 2 aromatic carbocycles. The van der Waals surface area contributed by atoms with Gasteiger partial charge in [-0.05, 0) is 36.4 Å². The second-order valence-electron chi connectivity index (χ2n) is 6.03. The molecule has 4 aromatic rings. The van der Waals surface area contributed by atoms with Crippen LogP contribution in [0.3, 0.4) is 0 Å². The fraction of sp³-hybridized carbons (Fsp3) is 0.0500. The molecule has 140 valence electrons. The maximum atomic E-state index is 12.3. The summed E-state index contributed by atoms with van der Waals surface area (Å²) in [5.74, 6) is -0.198. The van der Waals surface area contributed by atoms with Gasteiger partial charge >= 0.3 is 6.03 Å². The summed E-state index contributed by atoms with van der Waals surface area (Å²) in [5.41, 5.74) is 2.61. The van der Waals surface area contributed by atoms with Crippen LogP contribution < -0.4 is 16.0 Å². The zero-order valence-corrected chi connectivity index (χ0v) is 15.6. The lowest BCUT2D eigenvalue weighted by molar-refractivity contribution is 0.0950. The number of amides is 3. The Hall–Kier alpha value is -3.65. The van der Waals surface area contributed by atoms with Crippen molar-refractivity contribution in [3.8, 4) is 0 Å². The second kappa shape index (κ2) is 7.93. The van der Waals surface area contributed by atoms with E-state index >= 15 is 0 Å². The fourth-order valence-electron chi connectivity index (χ4n) is 2.65. The van der Waals surface area contributed by atoms with Gasteiger partial charge in [-0.2, -0.15) is 0 Å². The van der Waals surface area contributed by atoms with Crippen LogP contribution >= 0.6 is 11.3 Å². The van der Waals surface area contributed by atoms with Gasteiger partial charge in [-0.3, -0.25) is 9.20 Å². The zero-order valence-electron chi connectivity index (χ0n) is 14.8. The first-order valence-electron chi connectivity index (χ1n) is 8.60. The van der Waals surface area contributed by atoms with Crippen molar-refractivity contribution in [1.82, 2.24) is 14.7 Å². The van der Waals surface area contributed by atoms with E-state index in [1.54, 1.807) is 47.7 Å². The van der Waals surface area contributed by atoms with Crippen LogP contribution in [0, 0.1) is 0 Å². The van der Waals surface area contributed by atoms with E-state index in [2.05, 4.69) is 20.9 Å². The molecule has 0 unspecified atom stereocenters. The molecular weight excluding hydrogens is 374 g/mol. The standard InChI is InChI=1S/C20H17N5O2S/c26-18(21-12-17-13-25-10-11-28-20(25)24-17)14-6-8-16(9-7-14)23-19(27)22-15-4-2-1-3-5-15/h1-11,13H,12H2,(H,21,26)(H2,22,23,27). The molecule has 0 saturated carbocycles. The summed E-state index contributed by atoms with van der Waals surface area (Å²) in [5, 5.41) is 10.3. The first-order valence-corrected chi connectivity index (χ1v) is 9.48. The van der Waals surface area contributed by atoms with Gasteiger partial charge in [-0.1, -0.05) is 18.2 Å². The lowest BCUT2D eigenvalue weighted by atomic mass is 10.2. The highest BCUT2D eigenvalue weighted by atomic mass is 32.1. The molecule has 2 heterocycles. The van der Waals surface area contributed by atoms with E-state index in [0.717, 1.165) is 10.7 Å². The quantitative estimate of drug-likeness (QED) is 0.481. The van der Waals surface area contributed by atoms with Crippen LogP contribution in [0.25, 0.3) is 4.96 Å². The van der Waals surface area contributed by atoms with Crippen molar-refractivity contribution in [1.29, 1.82) is 0 Å². The molecule has 0 aliphatic rings. The minimum absolute atomic E-state index is 0.198. The Labute approximate surface area is 165 Å². The highest BCUT2D eigenvalue weighted by Gasteiger charge is 2.09. The van der Waals surface area contributed by atoms with Gasteiger partial charge in [0, 0.05) is 34.7 Å². The largest absolute Gasteiger partial charge is 0.346 e. The van der Waals surface area contributed by atoms with E-state index in [-0.39, 0.29) is 11.9 Å². The predicted molar refractivity (Wildman–Crippen MR) is 110 cm³/mol. The Morgan fingerprint density at radius 2 is 1.68 bits per heavy atom. The summed E-state index contributed by atoms with van der Waals surface area (Å²) >= 11 is 1.55. The van der Waals surface area contributed by atoms with Crippen LogP contribution in [0.4, 0.5) is 16.2 Å². The molecule has 0 aliphatic carbocycles. The first-order chi connectivity index (χ1) is 13.7. The second-order valence-corrected chi connectivity index (χ2v) is 6.90. The summed E-state index contributed by atoms with van der Waals surface area (Å²) in [6, 6.07) is 15.5. The number of nitrogens with zero attached hydrogens (tertiary/aromatic N) is 2. The molecule has 7 nitrogen and oxygen atoms in total. The minimum Gasteiger partial charge on any atom is -0.346 e. The summed E-state index contributed by atoms with van der Waals surface area (Å²) in [7, 11) is 0. The number of fused-ring (bicyclic) bond motifs is 1. The van der Waals surface area contributed by atoms with E-state index < -0.39 is 0 Å². The Balaban J connectivity index is 1.31. The molecular formula is C20H17N5O2S. The van der Waals surface area contributed by atoms with Gasteiger partial charge < -0.3 is 16.0 Å². The van der Waals surface area contributed by atoms with Gasteiger partial charge in [-0.15, -0.1) is 11.3 Å². The van der Waals surface area contributed by atoms with Gasteiger partial charge in [0.25, 0.3) is 5.91 Å². The molecule has 4 rings (SSSR count). The fourth-order valence-corrected chi connectivity index (χ4v) is 3.37. The predicted octanol–water partition coefficient (Wildman–Crippen LogP) is 3.97. The van der Waals surface area contributed by atoms with Gasteiger partial charge in [0.2, 0.25) is 0 Å². The number of thiazole rings is 1. The van der Waals surface area contributed by atoms with Crippen LogP contribution in [-0.2, 0) is 6.54 Å². The number of rotatable bonds is 5. The molecule has 3 N–H and O–H groups in total. The number of nitrogens with one attached hydrogen (secondary N) is 3. The molecule has 0 bridgehead atoms. The summed E-state index contributed by atoms with van der Waals surface area (Å²) < 4.78 is 1.92. The molecule has 0 saturated heterocycles. The van der Waals surface area contributed by atoms with Crippen LogP contribution in [0.1, 0.15) is 16.1 Å². The van der Waals surface area contributed by atoms with Crippen LogP contribution in [-0.4, -0.2) is 21.3 Å². The maximum absolute atomic E-state index is 12.3. The average molecular weight is 391 g/mol. The number of carbonyl (C=O) groups excluding carboxylic acids is 2. The maximum Gasteiger partial charge on any atom is 0.323 e. The number of imidazole rings is 1. The Bertz CT molecular complexity index is 1070. The average Bonchev–Trinajstić information content (AvgIpc) is 3.29. The number of benzene rings is 2. The number of para-hydroxylation sites is 1. The normalized spacial score (nSPS) is 10.6. The number of urea groups is 1. The summed E-state index contributed by atoms with van der Waals surface area (Å²) in [6.45, 7) is 0.354. The molecule has 0 spiro atoms. The van der Waals surface area contributed by atoms with E-state index in [9.17, 15) is 9.59 Å². The topological polar surface area (TPSA) is 87.5 Å². The van der Waals surface area contributed by atoms with Crippen molar-refractivity contribution in [3.63, 3.8) is 0 Å². The molecule has 0 fully saturated rings. The van der Waals surface area contributed by atoms with Crippen LogP contribution in [0.2, 0.25) is 0 Å². The zero-order chi connectivity index (χ0) is 19.3. The first kappa shape index (κ1) is 17.7. The third-order valence-electron chi connectivity index (χ3n) is 4.01. The van der Waals surface area contributed by atoms with Crippen LogP contribution in [0.15, 0.2) is 72.4 Å². The van der Waals surface area contributed by atoms with Gasteiger partial charge in [0.05, 0.1) is 12.2 Å². The molecule has 28 heavy (non-hydrogen) atoms. The lowest BCUT2D eigenvalue weighted by Crippen LogP contribution is -2.23. The number of hydrogen-bond donors (Lipinski definition) is 3. The molecule has 3 amide bonds. The Morgan fingerprint density at radius 3 is 2.39 bits per heavy atom. The summed E-state index contributed by atoms with van der Waals surface area (Å²) in [6.07, 6.45) is 3.82. The van der Waals surface area contributed by atoms with E-state index in [0.29, 0.717) is 23.5 Å². The van der Waals surface area contributed by atoms with Crippen molar-refractivity contribution in [2.45, 2.75) is 6.54 Å². The number of aromatic nitrogens is 2. The van der Waals surface area contributed by atoms with Crippen molar-refractivity contribution in [2.24, 2.45) is 0 Å². The highest BCUT2D eigenvalue weighted by molar-refractivity contribution is 7.15.